The predicted octanol–water partition coefficient (Wildman–Crippen LogP) is 4.92. The van der Waals surface area contributed by atoms with Crippen LogP contribution < -0.4 is 0 Å². The number of benzene rings is 2. The first-order chi connectivity index (χ1) is 13.5. The summed E-state index contributed by atoms with van der Waals surface area (Å²) in [7, 11) is 0. The zero-order valence-corrected chi connectivity index (χ0v) is 16.4. The molecule has 0 unspecified atom stereocenters. The van der Waals surface area contributed by atoms with Crippen molar-refractivity contribution >= 4 is 29.6 Å². The molecule has 0 saturated carbocycles. The maximum absolute atomic E-state index is 12.5. The van der Waals surface area contributed by atoms with Crippen LogP contribution in [-0.2, 0) is 11.3 Å². The Balaban J connectivity index is 1.61. The van der Waals surface area contributed by atoms with Gasteiger partial charge in [0.2, 0.25) is 0 Å². The van der Waals surface area contributed by atoms with E-state index >= 15 is 0 Å². The van der Waals surface area contributed by atoms with Crippen molar-refractivity contribution in [1.29, 1.82) is 0 Å². The molecule has 1 heterocycles. The lowest BCUT2D eigenvalue weighted by atomic mass is 10.0. The lowest BCUT2D eigenvalue weighted by molar-refractivity contribution is -0.133. The molecule has 1 N–H and O–H groups in total. The molecule has 1 aromatic heterocycles. The minimum atomic E-state index is -0.824. The largest absolute Gasteiger partial charge is 0.481 e. The molecule has 0 fully saturated rings. The van der Waals surface area contributed by atoms with Crippen LogP contribution in [0.2, 0.25) is 0 Å². The second-order valence-electron chi connectivity index (χ2n) is 6.45. The fourth-order valence-electron chi connectivity index (χ4n) is 2.72. The number of hydrogen-bond donors (Lipinski definition) is 1. The number of carbonyl (C=O) groups excluding carboxylic acids is 1. The Bertz CT molecular complexity index is 1000. The van der Waals surface area contributed by atoms with Crippen molar-refractivity contribution < 1.29 is 14.7 Å². The monoisotopic (exact) mass is 391 g/mol. The fourth-order valence-corrected chi connectivity index (χ4v) is 3.41. The highest BCUT2D eigenvalue weighted by Gasteiger charge is 2.09. The zero-order chi connectivity index (χ0) is 19.9. The van der Waals surface area contributed by atoms with Gasteiger partial charge in [0.05, 0.1) is 5.75 Å². The Kier molecular flexibility index (Phi) is 6.50. The molecule has 0 amide bonds. The van der Waals surface area contributed by atoms with Gasteiger partial charge in [-0.25, -0.2) is 0 Å². The van der Waals surface area contributed by atoms with Crippen LogP contribution >= 0.6 is 11.8 Å². The van der Waals surface area contributed by atoms with E-state index in [1.54, 1.807) is 0 Å². The number of carbonyl (C=O) groups is 2. The summed E-state index contributed by atoms with van der Waals surface area (Å²) in [6, 6.07) is 17.2. The number of carboxylic acid groups (broad SMARTS) is 1. The number of hydrogen-bond acceptors (Lipinski definition) is 3. The van der Waals surface area contributed by atoms with Gasteiger partial charge in [0.15, 0.2) is 5.78 Å². The summed E-state index contributed by atoms with van der Waals surface area (Å²) >= 11 is 1.30. The Morgan fingerprint density at radius 3 is 2.61 bits per heavy atom. The summed E-state index contributed by atoms with van der Waals surface area (Å²) < 4.78 is 1.96. The van der Waals surface area contributed by atoms with Crippen molar-refractivity contribution in [2.24, 2.45) is 0 Å². The lowest BCUT2D eigenvalue weighted by Gasteiger charge is -2.01. The lowest BCUT2D eigenvalue weighted by Crippen LogP contribution is -2.00. The van der Waals surface area contributed by atoms with E-state index in [0.29, 0.717) is 17.7 Å². The van der Waals surface area contributed by atoms with Gasteiger partial charge in [0.25, 0.3) is 0 Å². The molecule has 0 aliphatic heterocycles. The molecule has 0 aliphatic rings. The van der Waals surface area contributed by atoms with Crippen molar-refractivity contribution in [2.75, 3.05) is 5.75 Å². The first-order valence-electron chi connectivity index (χ1n) is 8.89. The second-order valence-corrected chi connectivity index (χ2v) is 7.50. The second kappa shape index (κ2) is 9.24. The molecular formula is C23H21NO3S. The van der Waals surface area contributed by atoms with Crippen LogP contribution in [0.25, 0.3) is 6.08 Å². The van der Waals surface area contributed by atoms with E-state index in [1.807, 2.05) is 90.6 Å². The van der Waals surface area contributed by atoms with Gasteiger partial charge < -0.3 is 9.67 Å². The van der Waals surface area contributed by atoms with Gasteiger partial charge in [-0.05, 0) is 30.7 Å². The normalized spacial score (nSPS) is 11.0. The Morgan fingerprint density at radius 1 is 1.07 bits per heavy atom. The molecule has 5 heteroatoms. The van der Waals surface area contributed by atoms with Crippen LogP contribution in [0.5, 0.6) is 0 Å². The first-order valence-corrected chi connectivity index (χ1v) is 9.88. The SMILES string of the molecule is Cc1ccc(C(=O)c2ccn(C/C=C/c3cccc(SCC(=O)O)c3)c2)cc1. The Labute approximate surface area is 168 Å². The van der Waals surface area contributed by atoms with Crippen molar-refractivity contribution in [1.82, 2.24) is 4.57 Å². The van der Waals surface area contributed by atoms with Crippen LogP contribution in [0.15, 0.2) is 78.0 Å². The molecule has 4 nitrogen and oxygen atoms in total. The van der Waals surface area contributed by atoms with Crippen molar-refractivity contribution in [3.05, 3.63) is 95.3 Å². The quantitative estimate of drug-likeness (QED) is 0.437. The molecular weight excluding hydrogens is 370 g/mol. The zero-order valence-electron chi connectivity index (χ0n) is 15.5. The summed E-state index contributed by atoms with van der Waals surface area (Å²) in [5, 5.41) is 8.78. The molecule has 0 saturated heterocycles. The average Bonchev–Trinajstić information content (AvgIpc) is 3.16. The van der Waals surface area contributed by atoms with Crippen LogP contribution in [0.4, 0.5) is 0 Å². The predicted molar refractivity (Wildman–Crippen MR) is 113 cm³/mol. The third-order valence-electron chi connectivity index (χ3n) is 4.17. The number of aliphatic carboxylic acids is 1. The smallest absolute Gasteiger partial charge is 0.313 e. The standard InChI is InChI=1S/C23H21NO3S/c1-17-7-9-19(10-8-17)23(27)20-11-13-24(15-20)12-3-5-18-4-2-6-21(14-18)28-16-22(25)26/h2-11,13-15H,12,16H2,1H3,(H,25,26)/b5-3+. The van der Waals surface area contributed by atoms with Crippen molar-refractivity contribution in [3.63, 3.8) is 0 Å². The van der Waals surface area contributed by atoms with Gasteiger partial charge in [-0.1, -0.05) is 54.1 Å². The number of aromatic nitrogens is 1. The summed E-state index contributed by atoms with van der Waals surface area (Å²) in [6.07, 6.45) is 7.75. The highest BCUT2D eigenvalue weighted by Crippen LogP contribution is 2.19. The van der Waals surface area contributed by atoms with Gasteiger partial charge >= 0.3 is 5.97 Å². The van der Waals surface area contributed by atoms with Gasteiger partial charge in [-0.3, -0.25) is 9.59 Å². The summed E-state index contributed by atoms with van der Waals surface area (Å²) in [4.78, 5) is 24.1. The molecule has 142 valence electrons. The third kappa shape index (κ3) is 5.47. The van der Waals surface area contributed by atoms with Crippen LogP contribution in [-0.4, -0.2) is 27.2 Å². The molecule has 3 aromatic rings. The number of rotatable bonds is 8. The topological polar surface area (TPSA) is 59.3 Å². The maximum Gasteiger partial charge on any atom is 0.313 e. The van der Waals surface area contributed by atoms with Gasteiger partial charge in [-0.2, -0.15) is 0 Å². The van der Waals surface area contributed by atoms with E-state index in [4.69, 9.17) is 5.11 Å². The molecule has 0 aliphatic carbocycles. The van der Waals surface area contributed by atoms with Gasteiger partial charge in [0.1, 0.15) is 0 Å². The molecule has 0 radical (unpaired) electrons. The molecule has 0 bridgehead atoms. The highest BCUT2D eigenvalue weighted by molar-refractivity contribution is 8.00. The minimum Gasteiger partial charge on any atom is -0.481 e. The average molecular weight is 391 g/mol. The van der Waals surface area contributed by atoms with Crippen LogP contribution in [0, 0.1) is 6.92 Å². The van der Waals surface area contributed by atoms with Gasteiger partial charge in [-0.15, -0.1) is 11.8 Å². The van der Waals surface area contributed by atoms with E-state index in [2.05, 4.69) is 0 Å². The van der Waals surface area contributed by atoms with Gasteiger partial charge in [0, 0.05) is 35.0 Å². The minimum absolute atomic E-state index is 0.0193. The molecule has 0 spiro atoms. The highest BCUT2D eigenvalue weighted by atomic mass is 32.2. The summed E-state index contributed by atoms with van der Waals surface area (Å²) in [6.45, 7) is 2.64. The van der Waals surface area contributed by atoms with Crippen LogP contribution in [0.1, 0.15) is 27.0 Å². The third-order valence-corrected chi connectivity index (χ3v) is 5.15. The molecule has 28 heavy (non-hydrogen) atoms. The van der Waals surface area contributed by atoms with Crippen molar-refractivity contribution in [3.8, 4) is 0 Å². The number of thioether (sulfide) groups is 1. The van der Waals surface area contributed by atoms with E-state index in [1.165, 1.54) is 11.8 Å². The number of carboxylic acids is 1. The first kappa shape index (κ1) is 19.7. The van der Waals surface area contributed by atoms with E-state index in [9.17, 15) is 9.59 Å². The maximum atomic E-state index is 12.5. The Hall–Kier alpha value is -3.05. The number of ketones is 1. The molecule has 3 rings (SSSR count). The van der Waals surface area contributed by atoms with Crippen LogP contribution in [0.3, 0.4) is 0 Å². The van der Waals surface area contributed by atoms with E-state index < -0.39 is 5.97 Å². The van der Waals surface area contributed by atoms with E-state index in [-0.39, 0.29) is 11.5 Å². The number of allylic oxidation sites excluding steroid dienone is 1. The molecule has 0 atom stereocenters. The number of nitrogens with zero attached hydrogens (tertiary/aromatic N) is 1. The summed E-state index contributed by atoms with van der Waals surface area (Å²) in [5.74, 6) is -0.755. The summed E-state index contributed by atoms with van der Waals surface area (Å²) in [5.41, 5.74) is 3.50. The number of aryl methyl sites for hydroxylation is 1. The fraction of sp³-hybridized carbons (Fsp3) is 0.130. The Morgan fingerprint density at radius 2 is 1.86 bits per heavy atom. The molecule has 2 aromatic carbocycles. The van der Waals surface area contributed by atoms with E-state index in [0.717, 1.165) is 16.0 Å². The van der Waals surface area contributed by atoms with Crippen molar-refractivity contribution in [2.45, 2.75) is 18.4 Å².